The van der Waals surface area contributed by atoms with Gasteiger partial charge in [0.2, 0.25) is 0 Å². The number of aromatic nitrogens is 1. The van der Waals surface area contributed by atoms with Gasteiger partial charge in [-0.05, 0) is 83.4 Å². The third kappa shape index (κ3) is 5.01. The molecular formula is C48H32N2S. The van der Waals surface area contributed by atoms with E-state index in [4.69, 9.17) is 0 Å². The highest BCUT2D eigenvalue weighted by molar-refractivity contribution is 7.25. The predicted molar refractivity (Wildman–Crippen MR) is 219 cm³/mol. The molecule has 2 nitrogen and oxygen atoms in total. The second-order valence-electron chi connectivity index (χ2n) is 13.0. The molecule has 3 heteroatoms. The maximum absolute atomic E-state index is 2.42. The maximum atomic E-state index is 2.42. The molecule has 10 aromatic rings. The number of para-hydroxylation sites is 3. The number of rotatable bonds is 6. The van der Waals surface area contributed by atoms with Crippen molar-refractivity contribution in [1.29, 1.82) is 0 Å². The number of fused-ring (bicyclic) bond motifs is 6. The fraction of sp³-hybridized carbons (Fsp3) is 0. The largest absolute Gasteiger partial charge is 0.310 e. The Bertz CT molecular complexity index is 2860. The molecule has 0 N–H and O–H groups in total. The van der Waals surface area contributed by atoms with Crippen LogP contribution in [0.4, 0.5) is 17.1 Å². The van der Waals surface area contributed by atoms with Crippen molar-refractivity contribution in [1.82, 2.24) is 4.57 Å². The molecule has 2 aromatic heterocycles. The van der Waals surface area contributed by atoms with Gasteiger partial charge in [0.05, 0.1) is 11.0 Å². The monoisotopic (exact) mass is 668 g/mol. The van der Waals surface area contributed by atoms with Gasteiger partial charge in [0.1, 0.15) is 0 Å². The molecule has 0 unspecified atom stereocenters. The van der Waals surface area contributed by atoms with Crippen LogP contribution in [0.2, 0.25) is 0 Å². The Morgan fingerprint density at radius 1 is 0.373 bits per heavy atom. The second kappa shape index (κ2) is 12.2. The van der Waals surface area contributed by atoms with Crippen molar-refractivity contribution in [3.8, 4) is 27.9 Å². The molecule has 0 bridgehead atoms. The van der Waals surface area contributed by atoms with Crippen molar-refractivity contribution in [2.24, 2.45) is 0 Å². The highest BCUT2D eigenvalue weighted by Crippen LogP contribution is 2.44. The van der Waals surface area contributed by atoms with Gasteiger partial charge >= 0.3 is 0 Å². The van der Waals surface area contributed by atoms with Crippen molar-refractivity contribution < 1.29 is 0 Å². The lowest BCUT2D eigenvalue weighted by molar-refractivity contribution is 1.18. The normalized spacial score (nSPS) is 11.5. The summed E-state index contributed by atoms with van der Waals surface area (Å²) in [7, 11) is 0. The molecule has 2 heterocycles. The summed E-state index contributed by atoms with van der Waals surface area (Å²) in [5, 5.41) is 5.08. The summed E-state index contributed by atoms with van der Waals surface area (Å²) in [5.74, 6) is 0. The number of anilines is 3. The summed E-state index contributed by atoms with van der Waals surface area (Å²) in [4.78, 5) is 2.41. The van der Waals surface area contributed by atoms with Crippen LogP contribution in [-0.2, 0) is 0 Å². The Labute approximate surface area is 300 Å². The molecule has 0 aliphatic heterocycles. The van der Waals surface area contributed by atoms with Crippen molar-refractivity contribution in [2.75, 3.05) is 4.90 Å². The summed E-state index contributed by atoms with van der Waals surface area (Å²) < 4.78 is 5.03. The van der Waals surface area contributed by atoms with Gasteiger partial charge in [-0.3, -0.25) is 0 Å². The first-order valence-corrected chi connectivity index (χ1v) is 18.2. The molecule has 240 valence electrons. The molecule has 0 saturated carbocycles. The molecule has 0 fully saturated rings. The number of hydrogen-bond donors (Lipinski definition) is 0. The molecule has 51 heavy (non-hydrogen) atoms. The fourth-order valence-corrected chi connectivity index (χ4v) is 8.75. The van der Waals surface area contributed by atoms with Crippen LogP contribution in [0, 0.1) is 0 Å². The Morgan fingerprint density at radius 3 is 1.78 bits per heavy atom. The zero-order valence-electron chi connectivity index (χ0n) is 27.8. The summed E-state index contributed by atoms with van der Waals surface area (Å²) in [6.07, 6.45) is 0. The fourth-order valence-electron chi connectivity index (χ4n) is 7.66. The van der Waals surface area contributed by atoms with E-state index in [1.165, 1.54) is 64.2 Å². The standard InChI is InChI=1S/C48H32N2S/c1-3-14-33(15-4-1)34-16-11-20-37(30-34)49(39-28-29-47-44(32-39)42-23-8-10-27-46(42)51-47)38-21-12-17-35(31-38)40-24-13-25-43-41-22-7-9-26-45(41)50(48(40)43)36-18-5-2-6-19-36/h1-32H. The highest BCUT2D eigenvalue weighted by Gasteiger charge is 2.19. The van der Waals surface area contributed by atoms with Crippen molar-refractivity contribution in [2.45, 2.75) is 0 Å². The average Bonchev–Trinajstić information content (AvgIpc) is 3.75. The minimum atomic E-state index is 1.11. The third-order valence-electron chi connectivity index (χ3n) is 9.95. The summed E-state index contributed by atoms with van der Waals surface area (Å²) in [6.45, 7) is 0. The third-order valence-corrected chi connectivity index (χ3v) is 11.1. The van der Waals surface area contributed by atoms with Gasteiger partial charge < -0.3 is 9.47 Å². The molecule has 8 aromatic carbocycles. The van der Waals surface area contributed by atoms with E-state index in [1.807, 2.05) is 11.3 Å². The van der Waals surface area contributed by atoms with E-state index in [2.05, 4.69) is 204 Å². The predicted octanol–water partition coefficient (Wildman–Crippen LogP) is 14.0. The van der Waals surface area contributed by atoms with E-state index in [0.717, 1.165) is 22.7 Å². The first-order chi connectivity index (χ1) is 25.3. The molecule has 0 saturated heterocycles. The van der Waals surface area contributed by atoms with Crippen LogP contribution in [0.1, 0.15) is 0 Å². The zero-order chi connectivity index (χ0) is 33.7. The van der Waals surface area contributed by atoms with Crippen molar-refractivity contribution >= 4 is 70.4 Å². The van der Waals surface area contributed by atoms with E-state index in [1.54, 1.807) is 0 Å². The second-order valence-corrected chi connectivity index (χ2v) is 14.1. The Balaban J connectivity index is 1.20. The summed E-state index contributed by atoms with van der Waals surface area (Å²) >= 11 is 1.85. The minimum absolute atomic E-state index is 1.11. The number of nitrogens with zero attached hydrogens (tertiary/aromatic N) is 2. The topological polar surface area (TPSA) is 8.17 Å². The Hall–Kier alpha value is -6.42. The van der Waals surface area contributed by atoms with E-state index in [-0.39, 0.29) is 0 Å². The molecule has 0 amide bonds. The van der Waals surface area contributed by atoms with Gasteiger partial charge in [-0.2, -0.15) is 0 Å². The Kier molecular flexibility index (Phi) is 7.04. The van der Waals surface area contributed by atoms with Crippen LogP contribution in [0.25, 0.3) is 69.9 Å². The highest BCUT2D eigenvalue weighted by atomic mass is 32.1. The van der Waals surface area contributed by atoms with E-state index < -0.39 is 0 Å². The lowest BCUT2D eigenvalue weighted by Gasteiger charge is -2.27. The number of benzene rings is 8. The van der Waals surface area contributed by atoms with Crippen molar-refractivity contribution in [3.05, 3.63) is 194 Å². The van der Waals surface area contributed by atoms with Crippen LogP contribution in [0.5, 0.6) is 0 Å². The maximum Gasteiger partial charge on any atom is 0.0619 e. The van der Waals surface area contributed by atoms with Gasteiger partial charge in [-0.25, -0.2) is 0 Å². The smallest absolute Gasteiger partial charge is 0.0619 e. The minimum Gasteiger partial charge on any atom is -0.310 e. The van der Waals surface area contributed by atoms with Crippen molar-refractivity contribution in [3.63, 3.8) is 0 Å². The van der Waals surface area contributed by atoms with Crippen LogP contribution in [0.3, 0.4) is 0 Å². The van der Waals surface area contributed by atoms with Gasteiger partial charge in [-0.15, -0.1) is 11.3 Å². The lowest BCUT2D eigenvalue weighted by atomic mass is 10.00. The molecule has 0 aliphatic carbocycles. The Morgan fingerprint density at radius 2 is 0.961 bits per heavy atom. The van der Waals surface area contributed by atoms with Gasteiger partial charge in [0, 0.05) is 59.3 Å². The van der Waals surface area contributed by atoms with Crippen LogP contribution in [-0.4, -0.2) is 4.57 Å². The van der Waals surface area contributed by atoms with Crippen LogP contribution < -0.4 is 4.90 Å². The van der Waals surface area contributed by atoms with E-state index in [0.29, 0.717) is 0 Å². The summed E-state index contributed by atoms with van der Waals surface area (Å²) in [5.41, 5.74) is 11.7. The van der Waals surface area contributed by atoms with Gasteiger partial charge in [-0.1, -0.05) is 127 Å². The first kappa shape index (κ1) is 29.5. The molecule has 0 aliphatic rings. The number of hydrogen-bond acceptors (Lipinski definition) is 2. The van der Waals surface area contributed by atoms with Gasteiger partial charge in [0.15, 0.2) is 0 Å². The molecule has 0 radical (unpaired) electrons. The molecule has 0 spiro atoms. The molecular weight excluding hydrogens is 637 g/mol. The molecule has 0 atom stereocenters. The number of thiophene rings is 1. The van der Waals surface area contributed by atoms with Gasteiger partial charge in [0.25, 0.3) is 0 Å². The molecule has 10 rings (SSSR count). The van der Waals surface area contributed by atoms with Crippen LogP contribution >= 0.6 is 11.3 Å². The summed E-state index contributed by atoms with van der Waals surface area (Å²) in [6, 6.07) is 70.4. The van der Waals surface area contributed by atoms with E-state index in [9.17, 15) is 0 Å². The quantitative estimate of drug-likeness (QED) is 0.171. The zero-order valence-corrected chi connectivity index (χ0v) is 28.6. The lowest BCUT2D eigenvalue weighted by Crippen LogP contribution is -2.10. The van der Waals surface area contributed by atoms with Crippen LogP contribution in [0.15, 0.2) is 194 Å². The average molecular weight is 669 g/mol. The first-order valence-electron chi connectivity index (χ1n) is 17.4. The SMILES string of the molecule is c1ccc(-c2cccc(N(c3cccc(-c4cccc5c6ccccc6n(-c6ccccc6)c45)c3)c3ccc4sc5ccccc5c4c3)c2)cc1. The van der Waals surface area contributed by atoms with E-state index >= 15 is 0 Å².